The summed E-state index contributed by atoms with van der Waals surface area (Å²) in [7, 11) is 0. The van der Waals surface area contributed by atoms with Crippen LogP contribution in [0.3, 0.4) is 0 Å². The summed E-state index contributed by atoms with van der Waals surface area (Å²) in [5.74, 6) is 0.407. The van der Waals surface area contributed by atoms with Crippen LogP contribution in [0.15, 0.2) is 66.2 Å². The Hall–Kier alpha value is -2.82. The highest BCUT2D eigenvalue weighted by atomic mass is 19.1. The molecule has 2 aromatic rings. The number of benzene rings is 2. The first-order valence-corrected chi connectivity index (χ1v) is 9.76. The van der Waals surface area contributed by atoms with Gasteiger partial charge in [-0.1, -0.05) is 42.0 Å². The van der Waals surface area contributed by atoms with Crippen molar-refractivity contribution in [3.63, 3.8) is 0 Å². The quantitative estimate of drug-likeness (QED) is 0.654. The summed E-state index contributed by atoms with van der Waals surface area (Å²) in [6.07, 6.45) is 5.63. The summed E-state index contributed by atoms with van der Waals surface area (Å²) < 4.78 is 24.2. The van der Waals surface area contributed by atoms with Gasteiger partial charge in [-0.3, -0.25) is 4.90 Å². The van der Waals surface area contributed by atoms with Crippen LogP contribution < -0.4 is 4.74 Å². The van der Waals surface area contributed by atoms with E-state index in [-0.39, 0.29) is 24.0 Å². The molecular weight excluding hydrogens is 357 g/mol. The highest BCUT2D eigenvalue weighted by Crippen LogP contribution is 2.36. The number of ether oxygens (including phenoxy) is 2. The lowest BCUT2D eigenvalue weighted by Crippen LogP contribution is -2.43. The number of nitrogens with zero attached hydrogens (tertiary/aromatic N) is 1. The van der Waals surface area contributed by atoms with Crippen LogP contribution in [-0.4, -0.2) is 29.7 Å². The maximum Gasteiger partial charge on any atom is 0.410 e. The molecule has 2 heterocycles. The highest BCUT2D eigenvalue weighted by Gasteiger charge is 2.40. The second kappa shape index (κ2) is 8.46. The van der Waals surface area contributed by atoms with Crippen molar-refractivity contribution in [1.82, 2.24) is 4.90 Å². The van der Waals surface area contributed by atoms with Crippen molar-refractivity contribution in [3.05, 3.63) is 77.6 Å². The summed E-state index contributed by atoms with van der Waals surface area (Å²) in [4.78, 5) is 14.5. The Morgan fingerprint density at radius 3 is 2.61 bits per heavy atom. The molecule has 28 heavy (non-hydrogen) atoms. The zero-order valence-corrected chi connectivity index (χ0v) is 15.7. The maximum atomic E-state index is 12.9. The molecule has 2 atom stereocenters. The van der Waals surface area contributed by atoms with E-state index in [1.54, 1.807) is 12.1 Å². The summed E-state index contributed by atoms with van der Waals surface area (Å²) in [6, 6.07) is 16.1. The van der Waals surface area contributed by atoms with Crippen LogP contribution in [0.5, 0.6) is 5.75 Å². The van der Waals surface area contributed by atoms with Gasteiger partial charge in [-0.2, -0.15) is 0 Å². The SMILES string of the molecule is O=C(OCc1ccccc1)N1C2C=C(CCOc3ccc(F)cc3)CC1CC2. The topological polar surface area (TPSA) is 38.8 Å². The number of hydrogen-bond donors (Lipinski definition) is 0. The van der Waals surface area contributed by atoms with E-state index in [4.69, 9.17) is 9.47 Å². The normalized spacial score (nSPS) is 20.6. The summed E-state index contributed by atoms with van der Waals surface area (Å²) in [6.45, 7) is 0.854. The van der Waals surface area contributed by atoms with Crippen molar-refractivity contribution < 1.29 is 18.7 Å². The summed E-state index contributed by atoms with van der Waals surface area (Å²) in [5, 5.41) is 0. The Morgan fingerprint density at radius 2 is 1.86 bits per heavy atom. The van der Waals surface area contributed by atoms with E-state index in [9.17, 15) is 9.18 Å². The number of carbonyl (C=O) groups excluding carboxylic acids is 1. The van der Waals surface area contributed by atoms with Crippen LogP contribution in [0.4, 0.5) is 9.18 Å². The molecular formula is C23H24FNO3. The number of rotatable bonds is 6. The molecule has 2 aliphatic heterocycles. The molecule has 5 heteroatoms. The standard InChI is InChI=1S/C23H24FNO3/c24-19-6-10-22(11-7-19)27-13-12-18-14-20-8-9-21(15-18)25(20)23(26)28-16-17-4-2-1-3-5-17/h1-7,10-11,14,20-21H,8-9,12-13,15-16H2. The third kappa shape index (κ3) is 4.35. The van der Waals surface area contributed by atoms with Gasteiger partial charge in [0, 0.05) is 12.5 Å². The fourth-order valence-electron chi connectivity index (χ4n) is 4.01. The molecule has 2 aromatic carbocycles. The predicted molar refractivity (Wildman–Crippen MR) is 104 cm³/mol. The fraction of sp³-hybridized carbons (Fsp3) is 0.348. The lowest BCUT2D eigenvalue weighted by Gasteiger charge is -2.33. The largest absolute Gasteiger partial charge is 0.493 e. The first-order chi connectivity index (χ1) is 13.7. The van der Waals surface area contributed by atoms with Crippen molar-refractivity contribution in [1.29, 1.82) is 0 Å². The van der Waals surface area contributed by atoms with Gasteiger partial charge in [-0.25, -0.2) is 9.18 Å². The van der Waals surface area contributed by atoms with Gasteiger partial charge in [0.1, 0.15) is 18.2 Å². The minimum absolute atomic E-state index is 0.114. The van der Waals surface area contributed by atoms with Gasteiger partial charge in [0.05, 0.1) is 12.6 Å². The molecule has 2 bridgehead atoms. The molecule has 0 radical (unpaired) electrons. The van der Waals surface area contributed by atoms with E-state index in [1.165, 1.54) is 17.7 Å². The average Bonchev–Trinajstić information content (AvgIpc) is 2.99. The first-order valence-electron chi connectivity index (χ1n) is 9.76. The smallest absolute Gasteiger partial charge is 0.410 e. The second-order valence-electron chi connectivity index (χ2n) is 7.33. The van der Waals surface area contributed by atoms with Crippen molar-refractivity contribution >= 4 is 6.09 Å². The van der Waals surface area contributed by atoms with Gasteiger partial charge in [-0.05, 0) is 49.1 Å². The molecule has 0 saturated carbocycles. The molecule has 2 unspecified atom stereocenters. The number of amides is 1. The van der Waals surface area contributed by atoms with Gasteiger partial charge in [-0.15, -0.1) is 0 Å². The van der Waals surface area contributed by atoms with E-state index in [2.05, 4.69) is 6.08 Å². The molecule has 1 fully saturated rings. The summed E-state index contributed by atoms with van der Waals surface area (Å²) >= 11 is 0. The van der Waals surface area contributed by atoms with Crippen LogP contribution >= 0.6 is 0 Å². The molecule has 4 rings (SSSR count). The van der Waals surface area contributed by atoms with Crippen molar-refractivity contribution in [3.8, 4) is 5.75 Å². The Morgan fingerprint density at radius 1 is 1.07 bits per heavy atom. The van der Waals surface area contributed by atoms with Gasteiger partial charge < -0.3 is 9.47 Å². The molecule has 0 spiro atoms. The van der Waals surface area contributed by atoms with Gasteiger partial charge in [0.15, 0.2) is 0 Å². The monoisotopic (exact) mass is 381 g/mol. The van der Waals surface area contributed by atoms with Gasteiger partial charge in [0.2, 0.25) is 0 Å². The Labute approximate surface area is 164 Å². The lowest BCUT2D eigenvalue weighted by atomic mass is 9.99. The number of halogens is 1. The Kier molecular flexibility index (Phi) is 5.60. The van der Waals surface area contributed by atoms with Gasteiger partial charge in [0.25, 0.3) is 0 Å². The highest BCUT2D eigenvalue weighted by molar-refractivity contribution is 5.70. The molecule has 2 aliphatic rings. The first kappa shape index (κ1) is 18.5. The molecule has 0 aromatic heterocycles. The van der Waals surface area contributed by atoms with Crippen molar-refractivity contribution in [2.75, 3.05) is 6.61 Å². The zero-order chi connectivity index (χ0) is 19.3. The van der Waals surface area contributed by atoms with Crippen LogP contribution in [0.1, 0.15) is 31.2 Å². The third-order valence-electron chi connectivity index (χ3n) is 5.39. The minimum atomic E-state index is -0.266. The third-order valence-corrected chi connectivity index (χ3v) is 5.39. The zero-order valence-electron chi connectivity index (χ0n) is 15.7. The van der Waals surface area contributed by atoms with Crippen molar-refractivity contribution in [2.45, 2.75) is 44.4 Å². The number of carbonyl (C=O) groups is 1. The van der Waals surface area contributed by atoms with E-state index in [1.807, 2.05) is 35.2 Å². The van der Waals surface area contributed by atoms with Gasteiger partial charge >= 0.3 is 6.09 Å². The second-order valence-corrected chi connectivity index (χ2v) is 7.33. The molecule has 1 amide bonds. The lowest BCUT2D eigenvalue weighted by molar-refractivity contribution is 0.0813. The van der Waals surface area contributed by atoms with Crippen LogP contribution in [0, 0.1) is 5.82 Å². The number of fused-ring (bicyclic) bond motifs is 2. The van der Waals surface area contributed by atoms with Crippen molar-refractivity contribution in [2.24, 2.45) is 0 Å². The Bertz CT molecular complexity index is 835. The average molecular weight is 381 g/mol. The molecule has 0 aliphatic carbocycles. The van der Waals surface area contributed by atoms with Crippen LogP contribution in [0.25, 0.3) is 0 Å². The number of hydrogen-bond acceptors (Lipinski definition) is 3. The fourth-order valence-corrected chi connectivity index (χ4v) is 4.01. The maximum absolute atomic E-state index is 12.9. The van der Waals surface area contributed by atoms with E-state index >= 15 is 0 Å². The van der Waals surface area contributed by atoms with E-state index in [0.717, 1.165) is 31.2 Å². The van der Waals surface area contributed by atoms with Crippen LogP contribution in [0.2, 0.25) is 0 Å². The van der Waals surface area contributed by atoms with Crippen LogP contribution in [-0.2, 0) is 11.3 Å². The molecule has 4 nitrogen and oxygen atoms in total. The molecule has 0 N–H and O–H groups in total. The van der Waals surface area contributed by atoms with E-state index < -0.39 is 0 Å². The summed E-state index contributed by atoms with van der Waals surface area (Å²) in [5.41, 5.74) is 2.32. The molecule has 1 saturated heterocycles. The molecule has 146 valence electrons. The minimum Gasteiger partial charge on any atom is -0.493 e. The predicted octanol–water partition coefficient (Wildman–Crippen LogP) is 5.09. The Balaban J connectivity index is 1.29. The van der Waals surface area contributed by atoms with E-state index in [0.29, 0.717) is 19.0 Å².